The molecule has 1 N–H and O–H groups in total. The lowest BCUT2D eigenvalue weighted by molar-refractivity contribution is 0.152. The van der Waals surface area contributed by atoms with Gasteiger partial charge in [-0.25, -0.2) is 0 Å². The van der Waals surface area contributed by atoms with Gasteiger partial charge in [0.05, 0.1) is 23.8 Å². The van der Waals surface area contributed by atoms with Crippen LogP contribution in [0, 0.1) is 10.7 Å². The van der Waals surface area contributed by atoms with Crippen LogP contribution in [-0.2, 0) is 11.3 Å². The molecule has 0 bridgehead atoms. The number of rotatable bonds is 4. The van der Waals surface area contributed by atoms with Gasteiger partial charge in [0, 0.05) is 19.9 Å². The van der Waals surface area contributed by atoms with Gasteiger partial charge in [-0.15, -0.1) is 0 Å². The summed E-state index contributed by atoms with van der Waals surface area (Å²) < 4.78 is 7.97. The van der Waals surface area contributed by atoms with Gasteiger partial charge in [0.25, 0.3) is 0 Å². The molecule has 86 valence electrons. The van der Waals surface area contributed by atoms with E-state index in [1.165, 1.54) is 0 Å². The van der Waals surface area contributed by atoms with E-state index >= 15 is 0 Å². The van der Waals surface area contributed by atoms with Crippen LogP contribution < -0.4 is 0 Å². The molecule has 5 heteroatoms. The smallest absolute Gasteiger partial charge is 0.178 e. The first kappa shape index (κ1) is 11.3. The largest absolute Gasteiger partial charge is 0.384 e. The number of imidazole rings is 1. The van der Waals surface area contributed by atoms with Gasteiger partial charge >= 0.3 is 0 Å². The Morgan fingerprint density at radius 3 is 3.19 bits per heavy atom. The highest BCUT2D eigenvalue weighted by atomic mass is 32.1. The minimum Gasteiger partial charge on any atom is -0.384 e. The van der Waals surface area contributed by atoms with E-state index in [1.54, 1.807) is 19.5 Å². The van der Waals surface area contributed by atoms with Gasteiger partial charge in [0.1, 0.15) is 0 Å². The van der Waals surface area contributed by atoms with Crippen molar-refractivity contribution in [3.8, 4) is 0 Å². The first-order chi connectivity index (χ1) is 7.72. The van der Waals surface area contributed by atoms with Gasteiger partial charge in [-0.3, -0.25) is 4.98 Å². The zero-order chi connectivity index (χ0) is 11.5. The Morgan fingerprint density at radius 2 is 2.44 bits per heavy atom. The van der Waals surface area contributed by atoms with Crippen molar-refractivity contribution in [3.05, 3.63) is 23.2 Å². The molecule has 2 aromatic heterocycles. The number of pyridine rings is 1. The minimum atomic E-state index is 0.434. The van der Waals surface area contributed by atoms with Crippen LogP contribution in [0.25, 0.3) is 11.0 Å². The monoisotopic (exact) mass is 237 g/mol. The fourth-order valence-electron chi connectivity index (χ4n) is 1.84. The van der Waals surface area contributed by atoms with Crippen LogP contribution in [0.3, 0.4) is 0 Å². The molecule has 0 aliphatic heterocycles. The number of fused-ring (bicyclic) bond motifs is 1. The van der Waals surface area contributed by atoms with E-state index in [0.717, 1.165) is 29.0 Å². The summed E-state index contributed by atoms with van der Waals surface area (Å²) in [6.45, 7) is 3.74. The molecule has 2 aromatic rings. The van der Waals surface area contributed by atoms with E-state index in [0.29, 0.717) is 5.92 Å². The molecule has 0 saturated heterocycles. The maximum absolute atomic E-state index is 5.29. The topological polar surface area (TPSA) is 42.8 Å². The van der Waals surface area contributed by atoms with Crippen LogP contribution in [0.5, 0.6) is 0 Å². The third-order valence-corrected chi connectivity index (χ3v) is 2.84. The lowest BCUT2D eigenvalue weighted by Crippen LogP contribution is -2.12. The van der Waals surface area contributed by atoms with Crippen LogP contribution in [0.15, 0.2) is 18.5 Å². The molecule has 16 heavy (non-hydrogen) atoms. The highest BCUT2D eigenvalue weighted by Gasteiger charge is 2.08. The summed E-state index contributed by atoms with van der Waals surface area (Å²) >= 11 is 5.29. The number of H-pyrrole nitrogens is 1. The van der Waals surface area contributed by atoms with Crippen molar-refractivity contribution in [3.63, 3.8) is 0 Å². The summed E-state index contributed by atoms with van der Waals surface area (Å²) in [5.41, 5.74) is 2.08. The highest BCUT2D eigenvalue weighted by molar-refractivity contribution is 7.71. The van der Waals surface area contributed by atoms with Crippen molar-refractivity contribution in [2.75, 3.05) is 13.7 Å². The molecular formula is C11H15N3OS. The maximum atomic E-state index is 5.29. The second-order valence-corrected chi connectivity index (χ2v) is 4.38. The first-order valence-electron chi connectivity index (χ1n) is 5.24. The molecule has 0 spiro atoms. The molecular weight excluding hydrogens is 222 g/mol. The third kappa shape index (κ3) is 2.15. The summed E-state index contributed by atoms with van der Waals surface area (Å²) in [5.74, 6) is 0.434. The molecule has 0 aromatic carbocycles. The number of aromatic amines is 1. The Balaban J connectivity index is 2.36. The zero-order valence-corrected chi connectivity index (χ0v) is 10.3. The number of hydrogen-bond acceptors (Lipinski definition) is 3. The Hall–Kier alpha value is -1.20. The van der Waals surface area contributed by atoms with Crippen LogP contribution in [0.4, 0.5) is 0 Å². The SMILES string of the molecule is COCC(C)Cn1c(=S)[nH]c2cnccc21. The number of aromatic nitrogens is 3. The van der Waals surface area contributed by atoms with Crippen LogP contribution in [0.1, 0.15) is 6.92 Å². The molecule has 1 atom stereocenters. The molecule has 1 unspecified atom stereocenters. The zero-order valence-electron chi connectivity index (χ0n) is 9.43. The molecule has 2 heterocycles. The van der Waals surface area contributed by atoms with Crippen molar-refractivity contribution in [1.82, 2.24) is 14.5 Å². The number of hydrogen-bond donors (Lipinski definition) is 1. The second kappa shape index (κ2) is 4.76. The first-order valence-corrected chi connectivity index (χ1v) is 5.64. The Bertz CT molecular complexity index is 531. The van der Waals surface area contributed by atoms with E-state index in [2.05, 4.69) is 21.5 Å². The molecule has 0 fully saturated rings. The van der Waals surface area contributed by atoms with Gasteiger partial charge in [0.15, 0.2) is 4.77 Å². The molecule has 0 radical (unpaired) electrons. The number of ether oxygens (including phenoxy) is 1. The van der Waals surface area contributed by atoms with Gasteiger partial charge in [-0.1, -0.05) is 6.92 Å². The van der Waals surface area contributed by atoms with Crippen LogP contribution in [0.2, 0.25) is 0 Å². The summed E-state index contributed by atoms with van der Waals surface area (Å²) in [5, 5.41) is 0. The summed E-state index contributed by atoms with van der Waals surface area (Å²) in [6.07, 6.45) is 3.57. The molecule has 0 aliphatic rings. The number of nitrogens with one attached hydrogen (secondary N) is 1. The van der Waals surface area contributed by atoms with Gasteiger partial charge in [-0.05, 0) is 24.2 Å². The lowest BCUT2D eigenvalue weighted by atomic mass is 10.2. The van der Waals surface area contributed by atoms with Crippen molar-refractivity contribution in [2.45, 2.75) is 13.5 Å². The predicted octanol–water partition coefficient (Wildman–Crippen LogP) is 2.38. The summed E-state index contributed by atoms with van der Waals surface area (Å²) in [6, 6.07) is 1.97. The second-order valence-electron chi connectivity index (χ2n) is 3.99. The Morgan fingerprint density at radius 1 is 1.62 bits per heavy atom. The van der Waals surface area contributed by atoms with E-state index < -0.39 is 0 Å². The molecule has 0 aliphatic carbocycles. The highest BCUT2D eigenvalue weighted by Crippen LogP contribution is 2.14. The number of nitrogens with zero attached hydrogens (tertiary/aromatic N) is 2. The quantitative estimate of drug-likeness (QED) is 0.830. The summed E-state index contributed by atoms with van der Waals surface area (Å²) in [7, 11) is 1.72. The summed E-state index contributed by atoms with van der Waals surface area (Å²) in [4.78, 5) is 7.22. The fourth-order valence-corrected chi connectivity index (χ4v) is 2.12. The standard InChI is InChI=1S/C11H15N3OS/c1-8(7-15-2)6-14-10-3-4-12-5-9(10)13-11(14)16/h3-5,8H,6-7H2,1-2H3,(H,13,16). The van der Waals surface area contributed by atoms with E-state index in [1.807, 2.05) is 6.07 Å². The Kier molecular flexibility index (Phi) is 3.36. The fraction of sp³-hybridized carbons (Fsp3) is 0.455. The van der Waals surface area contributed by atoms with Gasteiger partial charge in [-0.2, -0.15) is 0 Å². The predicted molar refractivity (Wildman–Crippen MR) is 66.0 cm³/mol. The molecule has 0 saturated carbocycles. The number of methoxy groups -OCH3 is 1. The third-order valence-electron chi connectivity index (χ3n) is 2.52. The lowest BCUT2D eigenvalue weighted by Gasteiger charge is -2.11. The maximum Gasteiger partial charge on any atom is 0.178 e. The minimum absolute atomic E-state index is 0.434. The van der Waals surface area contributed by atoms with Crippen molar-refractivity contribution < 1.29 is 4.74 Å². The van der Waals surface area contributed by atoms with Gasteiger partial charge in [0.2, 0.25) is 0 Å². The van der Waals surface area contributed by atoms with Crippen molar-refractivity contribution >= 4 is 23.3 Å². The Labute approximate surface area is 99.3 Å². The van der Waals surface area contributed by atoms with E-state index in [4.69, 9.17) is 17.0 Å². The molecule has 2 rings (SSSR count). The molecule has 0 amide bonds. The average molecular weight is 237 g/mol. The van der Waals surface area contributed by atoms with Crippen molar-refractivity contribution in [2.24, 2.45) is 5.92 Å². The van der Waals surface area contributed by atoms with Crippen LogP contribution >= 0.6 is 12.2 Å². The van der Waals surface area contributed by atoms with E-state index in [-0.39, 0.29) is 0 Å². The van der Waals surface area contributed by atoms with E-state index in [9.17, 15) is 0 Å². The van der Waals surface area contributed by atoms with Crippen molar-refractivity contribution in [1.29, 1.82) is 0 Å². The molecule has 4 nitrogen and oxygen atoms in total. The normalized spacial score (nSPS) is 13.1. The van der Waals surface area contributed by atoms with Crippen LogP contribution in [-0.4, -0.2) is 28.3 Å². The average Bonchev–Trinajstić information content (AvgIpc) is 2.56. The van der Waals surface area contributed by atoms with Gasteiger partial charge < -0.3 is 14.3 Å².